The van der Waals surface area contributed by atoms with E-state index in [9.17, 15) is 11.0 Å². The van der Waals surface area contributed by atoms with Crippen molar-refractivity contribution in [1.82, 2.24) is 0 Å². The van der Waals surface area contributed by atoms with E-state index < -0.39 is 24.2 Å². The second-order valence-electron chi connectivity index (χ2n) is 14.3. The molecule has 0 unspecified atom stereocenters. The fourth-order valence-corrected chi connectivity index (χ4v) is 7.92. The van der Waals surface area contributed by atoms with E-state index in [-0.39, 0.29) is 46.7 Å². The van der Waals surface area contributed by atoms with Gasteiger partial charge in [0.15, 0.2) is 0 Å². The summed E-state index contributed by atoms with van der Waals surface area (Å²) in [6.45, 7) is 0. The lowest BCUT2D eigenvalue weighted by Crippen LogP contribution is -2.09. The van der Waals surface area contributed by atoms with E-state index in [0.717, 1.165) is 54.6 Å². The Labute approximate surface area is 348 Å². The van der Waals surface area contributed by atoms with Gasteiger partial charge in [-0.25, -0.2) is 0 Å². The second kappa shape index (κ2) is 14.1. The SMILES string of the molecule is [2H]c1c([2H])c(N(c2ccc(-c3cccc4ccccc34)cc2)c2c([2H])c([2H])c(-c3cccc4c3oc3ccccc34)c([2H])c2[2H])c([2H])c([2H])c1-c1cccc(-c2ccc3ccccc3c2)c1. The summed E-state index contributed by atoms with van der Waals surface area (Å²) in [5, 5.41) is 5.89. The van der Waals surface area contributed by atoms with E-state index in [1.165, 1.54) is 4.90 Å². The molecular weight excluding hydrogens is 703 g/mol. The summed E-state index contributed by atoms with van der Waals surface area (Å²) in [5.41, 5.74) is 5.54. The lowest BCUT2D eigenvalue weighted by atomic mass is 9.97. The summed E-state index contributed by atoms with van der Waals surface area (Å²) < 4.78 is 82.8. The molecule has 11 aromatic rings. The third-order valence-electron chi connectivity index (χ3n) is 10.8. The molecule has 1 aromatic heterocycles. The maximum atomic E-state index is 9.64. The van der Waals surface area contributed by atoms with E-state index in [2.05, 4.69) is 6.07 Å². The highest BCUT2D eigenvalue weighted by Crippen LogP contribution is 2.41. The number of fused-ring (bicyclic) bond motifs is 5. The molecule has 0 aliphatic rings. The summed E-state index contributed by atoms with van der Waals surface area (Å²) >= 11 is 0. The predicted molar refractivity (Wildman–Crippen MR) is 245 cm³/mol. The molecule has 11 rings (SSSR count). The van der Waals surface area contributed by atoms with Crippen LogP contribution in [-0.4, -0.2) is 0 Å². The Morgan fingerprint density at radius 2 is 0.879 bits per heavy atom. The van der Waals surface area contributed by atoms with Gasteiger partial charge in [0.25, 0.3) is 0 Å². The molecule has 58 heavy (non-hydrogen) atoms. The summed E-state index contributed by atoms with van der Waals surface area (Å²) in [7, 11) is 0. The summed E-state index contributed by atoms with van der Waals surface area (Å²) in [5.74, 6) is 0. The zero-order valence-electron chi connectivity index (χ0n) is 39.1. The second-order valence-corrected chi connectivity index (χ2v) is 14.3. The number of hydrogen-bond donors (Lipinski definition) is 0. The van der Waals surface area contributed by atoms with Crippen LogP contribution in [0.4, 0.5) is 17.1 Å². The highest BCUT2D eigenvalue weighted by atomic mass is 16.3. The quantitative estimate of drug-likeness (QED) is 0.161. The van der Waals surface area contributed by atoms with Gasteiger partial charge in [-0.15, -0.1) is 0 Å². The number of hydrogen-bond acceptors (Lipinski definition) is 2. The monoisotopic (exact) mass is 747 g/mol. The Hall–Kier alpha value is -7.68. The molecule has 0 spiro atoms. The summed E-state index contributed by atoms with van der Waals surface area (Å²) in [4.78, 5) is 1.34. The first kappa shape index (κ1) is 26.2. The smallest absolute Gasteiger partial charge is 0.143 e. The molecule has 10 aromatic carbocycles. The van der Waals surface area contributed by atoms with Crippen molar-refractivity contribution in [2.45, 2.75) is 0 Å². The van der Waals surface area contributed by atoms with Gasteiger partial charge < -0.3 is 9.32 Å². The van der Waals surface area contributed by atoms with Gasteiger partial charge in [0.2, 0.25) is 0 Å². The maximum absolute atomic E-state index is 9.64. The Morgan fingerprint density at radius 1 is 0.328 bits per heavy atom. The Morgan fingerprint density at radius 3 is 1.67 bits per heavy atom. The van der Waals surface area contributed by atoms with Crippen LogP contribution in [0, 0.1) is 0 Å². The normalized spacial score (nSPS) is 13.4. The van der Waals surface area contributed by atoms with Crippen LogP contribution in [0.15, 0.2) is 229 Å². The number of nitrogens with zero attached hydrogens (tertiary/aromatic N) is 1. The fourth-order valence-electron chi connectivity index (χ4n) is 7.92. The fraction of sp³-hybridized carbons (Fsp3) is 0. The van der Waals surface area contributed by atoms with Crippen LogP contribution in [0.25, 0.3) is 88.0 Å². The van der Waals surface area contributed by atoms with Crippen LogP contribution < -0.4 is 4.90 Å². The summed E-state index contributed by atoms with van der Waals surface area (Å²) in [6, 6.07) is 52.9. The minimum absolute atomic E-state index is 0.0332. The molecule has 2 heteroatoms. The van der Waals surface area contributed by atoms with Crippen LogP contribution in [0.2, 0.25) is 0 Å². The molecule has 0 aliphatic carbocycles. The number of para-hydroxylation sites is 2. The van der Waals surface area contributed by atoms with E-state index in [1.54, 1.807) is 30.3 Å². The molecular formula is C56H37NO. The van der Waals surface area contributed by atoms with Crippen LogP contribution in [-0.2, 0) is 0 Å². The first-order valence-corrected chi connectivity index (χ1v) is 19.2. The average Bonchev–Trinajstić information content (AvgIpc) is 3.74. The van der Waals surface area contributed by atoms with Crippen LogP contribution in [0.3, 0.4) is 0 Å². The highest BCUT2D eigenvalue weighted by Gasteiger charge is 2.16. The number of anilines is 3. The predicted octanol–water partition coefficient (Wildman–Crippen LogP) is 16.0. The van der Waals surface area contributed by atoms with Crippen molar-refractivity contribution in [3.05, 3.63) is 224 Å². The van der Waals surface area contributed by atoms with E-state index in [0.29, 0.717) is 28.0 Å². The molecule has 0 radical (unpaired) electrons. The lowest BCUT2D eigenvalue weighted by Gasteiger charge is -2.26. The van der Waals surface area contributed by atoms with Crippen LogP contribution in [0.5, 0.6) is 0 Å². The van der Waals surface area contributed by atoms with Crippen molar-refractivity contribution in [3.63, 3.8) is 0 Å². The van der Waals surface area contributed by atoms with Crippen molar-refractivity contribution in [2.24, 2.45) is 0 Å². The molecule has 1 heterocycles. The number of rotatable bonds is 7. The molecule has 0 fully saturated rings. The largest absolute Gasteiger partial charge is 0.455 e. The Kier molecular flexibility index (Phi) is 6.38. The molecule has 0 N–H and O–H groups in total. The zero-order valence-corrected chi connectivity index (χ0v) is 31.1. The molecule has 0 aliphatic heterocycles. The third-order valence-corrected chi connectivity index (χ3v) is 10.8. The number of benzene rings is 10. The van der Waals surface area contributed by atoms with E-state index >= 15 is 0 Å². The minimum Gasteiger partial charge on any atom is -0.455 e. The van der Waals surface area contributed by atoms with E-state index in [1.807, 2.05) is 140 Å². The van der Waals surface area contributed by atoms with Crippen molar-refractivity contribution < 1.29 is 15.4 Å². The van der Waals surface area contributed by atoms with Gasteiger partial charge in [-0.1, -0.05) is 170 Å². The van der Waals surface area contributed by atoms with Gasteiger partial charge in [-0.3, -0.25) is 0 Å². The van der Waals surface area contributed by atoms with Gasteiger partial charge in [0.05, 0.1) is 11.0 Å². The van der Waals surface area contributed by atoms with Crippen molar-refractivity contribution in [3.8, 4) is 44.5 Å². The van der Waals surface area contributed by atoms with Gasteiger partial charge in [-0.2, -0.15) is 0 Å². The topological polar surface area (TPSA) is 16.4 Å². The standard InChI is InChI=1S/C56H37NO/c1-2-12-43-37-46(23-22-38(43)10-1)45-15-7-14-44(36-45)39-24-30-47(31-25-39)57(48-32-26-41(27-33-48)51-18-8-13-40-11-3-4-16-50(40)51)49-34-28-42(29-35-49)52-19-9-20-54-53-17-5-6-21-55(53)58-56(52)54/h1-37H/i24D,25D,28D,29D,30D,31D,34D,35D. The van der Waals surface area contributed by atoms with Crippen molar-refractivity contribution in [2.75, 3.05) is 4.90 Å². The molecule has 0 saturated carbocycles. The zero-order chi connectivity index (χ0) is 45.4. The van der Waals surface area contributed by atoms with Crippen LogP contribution >= 0.6 is 0 Å². The van der Waals surface area contributed by atoms with Gasteiger partial charge >= 0.3 is 0 Å². The highest BCUT2D eigenvalue weighted by molar-refractivity contribution is 6.09. The van der Waals surface area contributed by atoms with Crippen LogP contribution in [0.1, 0.15) is 11.0 Å². The lowest BCUT2D eigenvalue weighted by molar-refractivity contribution is 0.670. The molecule has 0 atom stereocenters. The molecule has 0 saturated heterocycles. The molecule has 0 bridgehead atoms. The third kappa shape index (κ3) is 6.00. The Balaban J connectivity index is 1.11. The maximum Gasteiger partial charge on any atom is 0.143 e. The van der Waals surface area contributed by atoms with Gasteiger partial charge in [0.1, 0.15) is 11.2 Å². The first-order valence-electron chi connectivity index (χ1n) is 23.2. The van der Waals surface area contributed by atoms with Crippen molar-refractivity contribution in [1.29, 1.82) is 0 Å². The average molecular weight is 748 g/mol. The molecule has 272 valence electrons. The van der Waals surface area contributed by atoms with Gasteiger partial charge in [-0.05, 0) is 115 Å². The molecule has 2 nitrogen and oxygen atoms in total. The number of furan rings is 1. The first-order chi connectivity index (χ1) is 32.1. The Bertz CT molecular complexity index is 3700. The minimum atomic E-state index is -0.429. The van der Waals surface area contributed by atoms with Crippen molar-refractivity contribution >= 4 is 60.5 Å². The molecule has 0 amide bonds. The van der Waals surface area contributed by atoms with Gasteiger partial charge in [0, 0.05) is 33.4 Å². The summed E-state index contributed by atoms with van der Waals surface area (Å²) in [6.07, 6.45) is 0. The van der Waals surface area contributed by atoms with E-state index in [4.69, 9.17) is 4.42 Å².